The van der Waals surface area contributed by atoms with Crippen molar-refractivity contribution >= 4 is 17.5 Å². The van der Waals surface area contributed by atoms with Crippen LogP contribution >= 0.6 is 11.5 Å². The Hall–Kier alpha value is -0.970. The van der Waals surface area contributed by atoms with Crippen LogP contribution < -0.4 is 0 Å². The van der Waals surface area contributed by atoms with E-state index in [2.05, 4.69) is 9.59 Å². The lowest BCUT2D eigenvalue weighted by atomic mass is 10.2. The Morgan fingerprint density at radius 3 is 2.86 bits per heavy atom. The Morgan fingerprint density at radius 1 is 1.43 bits per heavy atom. The number of hydrogen-bond donors (Lipinski definition) is 0. The first-order valence-electron chi connectivity index (χ1n) is 4.77. The van der Waals surface area contributed by atoms with Gasteiger partial charge in [-0.2, -0.15) is 0 Å². The highest BCUT2D eigenvalue weighted by Gasteiger charge is 2.16. The van der Waals surface area contributed by atoms with E-state index < -0.39 is 0 Å². The van der Waals surface area contributed by atoms with E-state index in [-0.39, 0.29) is 5.97 Å². The molecule has 1 aromatic rings. The minimum Gasteiger partial charge on any atom is -0.461 e. The number of aryl methyl sites for hydroxylation is 1. The van der Waals surface area contributed by atoms with Crippen LogP contribution in [0.2, 0.25) is 0 Å². The van der Waals surface area contributed by atoms with Crippen LogP contribution in [0.15, 0.2) is 0 Å². The summed E-state index contributed by atoms with van der Waals surface area (Å²) >= 11 is 1.11. The predicted molar refractivity (Wildman–Crippen MR) is 54.5 cm³/mol. The van der Waals surface area contributed by atoms with Crippen molar-refractivity contribution in [3.63, 3.8) is 0 Å². The monoisotopic (exact) mass is 214 g/mol. The van der Waals surface area contributed by atoms with E-state index in [1.807, 2.05) is 13.8 Å². The molecule has 5 heteroatoms. The summed E-state index contributed by atoms with van der Waals surface area (Å²) in [5.74, 6) is -0.287. The maximum absolute atomic E-state index is 11.5. The van der Waals surface area contributed by atoms with E-state index in [9.17, 15) is 4.79 Å². The average molecular weight is 214 g/mol. The molecule has 0 radical (unpaired) electrons. The number of ether oxygens (including phenoxy) is 1. The highest BCUT2D eigenvalue weighted by Crippen LogP contribution is 2.13. The normalized spacial score (nSPS) is 10.1. The van der Waals surface area contributed by atoms with Crippen LogP contribution in [-0.2, 0) is 11.2 Å². The van der Waals surface area contributed by atoms with Crippen molar-refractivity contribution in [2.45, 2.75) is 33.1 Å². The van der Waals surface area contributed by atoms with Gasteiger partial charge >= 0.3 is 5.97 Å². The van der Waals surface area contributed by atoms with E-state index >= 15 is 0 Å². The van der Waals surface area contributed by atoms with Gasteiger partial charge in [-0.1, -0.05) is 24.8 Å². The number of aromatic nitrogens is 2. The van der Waals surface area contributed by atoms with Gasteiger partial charge in [0.2, 0.25) is 0 Å². The van der Waals surface area contributed by atoms with Crippen molar-refractivity contribution in [1.29, 1.82) is 0 Å². The fourth-order valence-electron chi connectivity index (χ4n) is 1.02. The van der Waals surface area contributed by atoms with E-state index in [0.717, 1.165) is 36.5 Å². The molecule has 0 saturated carbocycles. The molecule has 4 nitrogen and oxygen atoms in total. The largest absolute Gasteiger partial charge is 0.461 e. The zero-order valence-electron chi connectivity index (χ0n) is 8.45. The molecule has 1 heterocycles. The maximum atomic E-state index is 11.5. The van der Waals surface area contributed by atoms with Crippen molar-refractivity contribution in [3.05, 3.63) is 10.6 Å². The molecule has 0 aliphatic carbocycles. The Kier molecular flexibility index (Phi) is 4.52. The lowest BCUT2D eigenvalue weighted by molar-refractivity contribution is 0.0509. The van der Waals surface area contributed by atoms with E-state index in [0.29, 0.717) is 11.5 Å². The van der Waals surface area contributed by atoms with E-state index in [4.69, 9.17) is 4.74 Å². The van der Waals surface area contributed by atoms with Gasteiger partial charge in [-0.05, 0) is 24.4 Å². The first-order valence-corrected chi connectivity index (χ1v) is 5.55. The zero-order valence-corrected chi connectivity index (χ0v) is 9.26. The predicted octanol–water partition coefficient (Wildman–Crippen LogP) is 2.06. The van der Waals surface area contributed by atoms with Gasteiger partial charge in [-0.3, -0.25) is 0 Å². The van der Waals surface area contributed by atoms with Gasteiger partial charge in [-0.25, -0.2) is 4.79 Å². The van der Waals surface area contributed by atoms with Gasteiger partial charge in [0.05, 0.1) is 12.3 Å². The van der Waals surface area contributed by atoms with Gasteiger partial charge in [0.15, 0.2) is 4.88 Å². The summed E-state index contributed by atoms with van der Waals surface area (Å²) < 4.78 is 8.77. The molecule has 1 aromatic heterocycles. The standard InChI is InChI=1S/C9H14N2O2S/c1-3-5-7-8(14-11-10-7)9(12)13-6-4-2/h3-6H2,1-2H3. The Labute approximate surface area is 87.5 Å². The molecule has 0 aliphatic heterocycles. The summed E-state index contributed by atoms with van der Waals surface area (Å²) in [5, 5.41) is 3.90. The summed E-state index contributed by atoms with van der Waals surface area (Å²) in [5.41, 5.74) is 0.763. The topological polar surface area (TPSA) is 52.1 Å². The van der Waals surface area contributed by atoms with Gasteiger partial charge in [0, 0.05) is 0 Å². The van der Waals surface area contributed by atoms with Gasteiger partial charge in [0.1, 0.15) is 0 Å². The molecule has 0 spiro atoms. The SMILES string of the molecule is CCCOC(=O)c1snnc1CCC. The molecule has 78 valence electrons. The summed E-state index contributed by atoms with van der Waals surface area (Å²) in [7, 11) is 0. The molecule has 0 N–H and O–H groups in total. The van der Waals surface area contributed by atoms with Crippen LogP contribution in [0.4, 0.5) is 0 Å². The molecule has 0 saturated heterocycles. The van der Waals surface area contributed by atoms with Crippen molar-refractivity contribution in [2.75, 3.05) is 6.61 Å². The highest BCUT2D eigenvalue weighted by molar-refractivity contribution is 7.07. The third-order valence-electron chi connectivity index (χ3n) is 1.67. The molecule has 0 aliphatic rings. The van der Waals surface area contributed by atoms with E-state index in [1.54, 1.807) is 0 Å². The third-order valence-corrected chi connectivity index (χ3v) is 2.41. The lowest BCUT2D eigenvalue weighted by Gasteiger charge is -2.00. The molecule has 1 rings (SSSR count). The molecule has 0 aromatic carbocycles. The fraction of sp³-hybridized carbons (Fsp3) is 0.667. The molecule has 0 amide bonds. The van der Waals surface area contributed by atoms with Crippen molar-refractivity contribution in [1.82, 2.24) is 9.59 Å². The molecular formula is C9H14N2O2S. The van der Waals surface area contributed by atoms with Crippen LogP contribution in [0.3, 0.4) is 0 Å². The first kappa shape index (κ1) is 11.1. The molecule has 0 atom stereocenters. The first-order chi connectivity index (χ1) is 6.79. The van der Waals surface area contributed by atoms with Gasteiger partial charge in [-0.15, -0.1) is 5.10 Å². The van der Waals surface area contributed by atoms with Crippen molar-refractivity contribution in [2.24, 2.45) is 0 Å². The van der Waals surface area contributed by atoms with Crippen molar-refractivity contribution < 1.29 is 9.53 Å². The van der Waals surface area contributed by atoms with Crippen LogP contribution in [0.5, 0.6) is 0 Å². The quantitative estimate of drug-likeness (QED) is 0.704. The molecule has 0 fully saturated rings. The highest BCUT2D eigenvalue weighted by atomic mass is 32.1. The summed E-state index contributed by atoms with van der Waals surface area (Å²) in [6, 6.07) is 0. The summed E-state index contributed by atoms with van der Waals surface area (Å²) in [4.78, 5) is 12.0. The maximum Gasteiger partial charge on any atom is 0.351 e. The van der Waals surface area contributed by atoms with Crippen LogP contribution in [0.1, 0.15) is 42.1 Å². The second-order valence-electron chi connectivity index (χ2n) is 2.93. The van der Waals surface area contributed by atoms with Gasteiger partial charge < -0.3 is 4.74 Å². The minimum absolute atomic E-state index is 0.287. The Bertz CT molecular complexity index is 299. The fourth-order valence-corrected chi connectivity index (χ4v) is 1.63. The molecule has 0 unspecified atom stereocenters. The number of esters is 1. The third kappa shape index (κ3) is 2.77. The lowest BCUT2D eigenvalue weighted by Crippen LogP contribution is -2.06. The number of hydrogen-bond acceptors (Lipinski definition) is 5. The van der Waals surface area contributed by atoms with Crippen molar-refractivity contribution in [3.8, 4) is 0 Å². The minimum atomic E-state index is -0.287. The molecule has 14 heavy (non-hydrogen) atoms. The second-order valence-corrected chi connectivity index (χ2v) is 3.69. The summed E-state index contributed by atoms with van der Waals surface area (Å²) in [6.45, 7) is 4.47. The molecular weight excluding hydrogens is 200 g/mol. The number of nitrogens with zero attached hydrogens (tertiary/aromatic N) is 2. The van der Waals surface area contributed by atoms with E-state index in [1.165, 1.54) is 0 Å². The average Bonchev–Trinajstić information content (AvgIpc) is 2.63. The van der Waals surface area contributed by atoms with Crippen LogP contribution in [0, 0.1) is 0 Å². The zero-order chi connectivity index (χ0) is 10.4. The Balaban J connectivity index is 2.63. The number of carbonyl (C=O) groups is 1. The Morgan fingerprint density at radius 2 is 2.21 bits per heavy atom. The molecule has 0 bridgehead atoms. The number of carbonyl (C=O) groups excluding carboxylic acids is 1. The smallest absolute Gasteiger partial charge is 0.351 e. The second kappa shape index (κ2) is 5.70. The van der Waals surface area contributed by atoms with Crippen LogP contribution in [-0.4, -0.2) is 22.2 Å². The number of rotatable bonds is 5. The van der Waals surface area contributed by atoms with Gasteiger partial charge in [0.25, 0.3) is 0 Å². The van der Waals surface area contributed by atoms with Crippen LogP contribution in [0.25, 0.3) is 0 Å². The summed E-state index contributed by atoms with van der Waals surface area (Å²) in [6.07, 6.45) is 2.58.